The first-order chi connectivity index (χ1) is 9.17. The molecular formula is C15H23N3O. The second-order valence-corrected chi connectivity index (χ2v) is 6.02. The van der Waals surface area contributed by atoms with E-state index in [1.54, 1.807) is 6.20 Å². The van der Waals surface area contributed by atoms with Crippen LogP contribution in [0.2, 0.25) is 0 Å². The van der Waals surface area contributed by atoms with E-state index in [0.717, 1.165) is 50.9 Å². The smallest absolute Gasteiger partial charge is 0.107 e. The fourth-order valence-corrected chi connectivity index (χ4v) is 3.49. The molecular weight excluding hydrogens is 238 g/mol. The summed E-state index contributed by atoms with van der Waals surface area (Å²) in [6.45, 7) is 2.14. The summed E-state index contributed by atoms with van der Waals surface area (Å²) in [6.07, 6.45) is 6.57. The Bertz CT molecular complexity index is 415. The van der Waals surface area contributed by atoms with Gasteiger partial charge in [-0.25, -0.2) is 0 Å². The van der Waals surface area contributed by atoms with Crippen LogP contribution in [0.3, 0.4) is 0 Å². The van der Waals surface area contributed by atoms with Crippen molar-refractivity contribution in [2.75, 3.05) is 13.1 Å². The molecule has 0 aromatic carbocycles. The third kappa shape index (κ3) is 2.66. The van der Waals surface area contributed by atoms with Gasteiger partial charge in [-0.05, 0) is 44.2 Å². The molecule has 4 nitrogen and oxygen atoms in total. The van der Waals surface area contributed by atoms with E-state index < -0.39 is 5.60 Å². The van der Waals surface area contributed by atoms with Crippen LogP contribution in [0.15, 0.2) is 24.4 Å². The zero-order valence-electron chi connectivity index (χ0n) is 11.3. The van der Waals surface area contributed by atoms with Crippen LogP contribution in [-0.4, -0.2) is 40.2 Å². The number of nitrogens with two attached hydrogens (primary N) is 1. The zero-order valence-corrected chi connectivity index (χ0v) is 11.3. The molecule has 0 radical (unpaired) electrons. The second kappa shape index (κ2) is 5.19. The molecule has 1 aromatic heterocycles. The van der Waals surface area contributed by atoms with Gasteiger partial charge >= 0.3 is 0 Å². The molecule has 0 amide bonds. The minimum absolute atomic E-state index is 0.344. The lowest BCUT2D eigenvalue weighted by Crippen LogP contribution is -2.42. The Hall–Kier alpha value is -0.970. The average Bonchev–Trinajstić information content (AvgIpc) is 2.87. The number of nitrogens with zero attached hydrogens (tertiary/aromatic N) is 2. The number of hydrogen-bond donors (Lipinski definition) is 2. The van der Waals surface area contributed by atoms with Crippen molar-refractivity contribution in [3.63, 3.8) is 0 Å². The highest BCUT2D eigenvalue weighted by Gasteiger charge is 2.38. The quantitative estimate of drug-likeness (QED) is 0.841. The van der Waals surface area contributed by atoms with Gasteiger partial charge < -0.3 is 10.8 Å². The van der Waals surface area contributed by atoms with Crippen molar-refractivity contribution >= 4 is 0 Å². The van der Waals surface area contributed by atoms with Gasteiger partial charge in [-0.3, -0.25) is 9.88 Å². The van der Waals surface area contributed by atoms with E-state index in [4.69, 9.17) is 5.73 Å². The van der Waals surface area contributed by atoms with Crippen molar-refractivity contribution < 1.29 is 5.11 Å². The van der Waals surface area contributed by atoms with Crippen molar-refractivity contribution in [2.45, 2.75) is 49.8 Å². The third-order valence-electron chi connectivity index (χ3n) is 4.70. The minimum atomic E-state index is -0.723. The van der Waals surface area contributed by atoms with E-state index in [0.29, 0.717) is 12.1 Å². The van der Waals surface area contributed by atoms with Gasteiger partial charge in [-0.15, -0.1) is 0 Å². The Morgan fingerprint density at radius 3 is 2.63 bits per heavy atom. The summed E-state index contributed by atoms with van der Waals surface area (Å²) in [4.78, 5) is 6.83. The van der Waals surface area contributed by atoms with Crippen LogP contribution in [0.4, 0.5) is 0 Å². The molecule has 1 aliphatic heterocycles. The monoisotopic (exact) mass is 261 g/mol. The van der Waals surface area contributed by atoms with Gasteiger partial charge in [0.2, 0.25) is 0 Å². The summed E-state index contributed by atoms with van der Waals surface area (Å²) < 4.78 is 0. The van der Waals surface area contributed by atoms with Gasteiger partial charge in [0.15, 0.2) is 0 Å². The molecule has 0 unspecified atom stereocenters. The van der Waals surface area contributed by atoms with Crippen molar-refractivity contribution in [1.82, 2.24) is 9.88 Å². The Morgan fingerprint density at radius 1 is 1.26 bits per heavy atom. The standard InChI is InChI=1S/C15H23N3O/c16-12-6-10-18(11-12)13-4-7-15(19,8-5-13)14-3-1-2-9-17-14/h1-3,9,12-13,19H,4-8,10-11,16H2/t12-,13-,15-/m1/s1. The highest BCUT2D eigenvalue weighted by Crippen LogP contribution is 2.38. The Kier molecular flexibility index (Phi) is 3.56. The van der Waals surface area contributed by atoms with E-state index in [1.807, 2.05) is 18.2 Å². The van der Waals surface area contributed by atoms with Gasteiger partial charge in [0.05, 0.1) is 5.69 Å². The van der Waals surface area contributed by atoms with Crippen LogP contribution in [0.5, 0.6) is 0 Å². The summed E-state index contributed by atoms with van der Waals surface area (Å²) in [6, 6.07) is 6.72. The lowest BCUT2D eigenvalue weighted by Gasteiger charge is -2.39. The Balaban J connectivity index is 1.63. The highest BCUT2D eigenvalue weighted by atomic mass is 16.3. The van der Waals surface area contributed by atoms with Gasteiger partial charge in [-0.1, -0.05) is 6.07 Å². The number of hydrogen-bond acceptors (Lipinski definition) is 4. The molecule has 19 heavy (non-hydrogen) atoms. The van der Waals surface area contributed by atoms with E-state index in [2.05, 4.69) is 9.88 Å². The summed E-state index contributed by atoms with van der Waals surface area (Å²) >= 11 is 0. The second-order valence-electron chi connectivity index (χ2n) is 6.02. The normalized spacial score (nSPS) is 36.5. The fraction of sp³-hybridized carbons (Fsp3) is 0.667. The van der Waals surface area contributed by atoms with E-state index >= 15 is 0 Å². The molecule has 2 heterocycles. The first-order valence-corrected chi connectivity index (χ1v) is 7.31. The van der Waals surface area contributed by atoms with Crippen molar-refractivity contribution in [1.29, 1.82) is 0 Å². The molecule has 2 aliphatic rings. The lowest BCUT2D eigenvalue weighted by atomic mass is 9.79. The molecule has 1 saturated carbocycles. The maximum atomic E-state index is 10.7. The summed E-state index contributed by atoms with van der Waals surface area (Å²) in [5.41, 5.74) is 6.08. The van der Waals surface area contributed by atoms with Gasteiger partial charge in [0.25, 0.3) is 0 Å². The SMILES string of the molecule is N[C@@H]1CCN([C@H]2CC[C@@](O)(c3ccccn3)CC2)C1. The van der Waals surface area contributed by atoms with Gasteiger partial charge in [0, 0.05) is 31.4 Å². The fourth-order valence-electron chi connectivity index (χ4n) is 3.49. The number of likely N-dealkylation sites (tertiary alicyclic amines) is 1. The van der Waals surface area contributed by atoms with Crippen molar-refractivity contribution in [3.05, 3.63) is 30.1 Å². The average molecular weight is 261 g/mol. The maximum Gasteiger partial charge on any atom is 0.107 e. The van der Waals surface area contributed by atoms with E-state index in [9.17, 15) is 5.11 Å². The highest BCUT2D eigenvalue weighted by molar-refractivity contribution is 5.14. The molecule has 0 spiro atoms. The van der Waals surface area contributed by atoms with E-state index in [1.165, 1.54) is 0 Å². The third-order valence-corrected chi connectivity index (χ3v) is 4.70. The molecule has 1 aliphatic carbocycles. The van der Waals surface area contributed by atoms with Crippen molar-refractivity contribution in [3.8, 4) is 0 Å². The van der Waals surface area contributed by atoms with Gasteiger partial charge in [0.1, 0.15) is 5.60 Å². The molecule has 1 aromatic rings. The number of pyridine rings is 1. The number of rotatable bonds is 2. The molecule has 0 bridgehead atoms. The zero-order chi connectivity index (χ0) is 13.3. The first kappa shape index (κ1) is 13.0. The van der Waals surface area contributed by atoms with Gasteiger partial charge in [-0.2, -0.15) is 0 Å². The molecule has 3 N–H and O–H groups in total. The Morgan fingerprint density at radius 2 is 2.05 bits per heavy atom. The van der Waals surface area contributed by atoms with Crippen LogP contribution in [0.25, 0.3) is 0 Å². The number of aromatic nitrogens is 1. The van der Waals surface area contributed by atoms with Crippen LogP contribution in [0, 0.1) is 0 Å². The van der Waals surface area contributed by atoms with Crippen LogP contribution >= 0.6 is 0 Å². The molecule has 1 saturated heterocycles. The predicted molar refractivity (Wildman–Crippen MR) is 74.6 cm³/mol. The molecule has 3 rings (SSSR count). The largest absolute Gasteiger partial charge is 0.384 e. The first-order valence-electron chi connectivity index (χ1n) is 7.31. The number of aliphatic hydroxyl groups is 1. The lowest BCUT2D eigenvalue weighted by molar-refractivity contribution is -0.0256. The Labute approximate surface area is 114 Å². The van der Waals surface area contributed by atoms with Crippen LogP contribution in [-0.2, 0) is 5.60 Å². The van der Waals surface area contributed by atoms with E-state index in [-0.39, 0.29) is 0 Å². The molecule has 2 fully saturated rings. The summed E-state index contributed by atoms with van der Waals surface area (Å²) in [5.74, 6) is 0. The topological polar surface area (TPSA) is 62.4 Å². The summed E-state index contributed by atoms with van der Waals surface area (Å²) in [5, 5.41) is 10.7. The van der Waals surface area contributed by atoms with Crippen molar-refractivity contribution in [2.24, 2.45) is 5.73 Å². The minimum Gasteiger partial charge on any atom is -0.384 e. The molecule has 4 heteroatoms. The maximum absolute atomic E-state index is 10.7. The van der Waals surface area contributed by atoms with Crippen LogP contribution in [0.1, 0.15) is 37.8 Å². The van der Waals surface area contributed by atoms with Crippen LogP contribution < -0.4 is 5.73 Å². The molecule has 1 atom stereocenters. The summed E-state index contributed by atoms with van der Waals surface area (Å²) in [7, 11) is 0. The molecule has 104 valence electrons. The predicted octanol–water partition coefficient (Wildman–Crippen LogP) is 1.24.